The second-order valence-electron chi connectivity index (χ2n) is 3.70. The van der Waals surface area contributed by atoms with Gasteiger partial charge >= 0.3 is 0 Å². The van der Waals surface area contributed by atoms with Crippen molar-refractivity contribution < 1.29 is 0 Å². The molecule has 1 fully saturated rings. The van der Waals surface area contributed by atoms with E-state index in [4.69, 9.17) is 0 Å². The first kappa shape index (κ1) is 9.44. The molecule has 0 bridgehead atoms. The summed E-state index contributed by atoms with van der Waals surface area (Å²) < 4.78 is 0. The Morgan fingerprint density at radius 2 is 2.09 bits per heavy atom. The van der Waals surface area contributed by atoms with Crippen LogP contribution in [0.2, 0.25) is 0 Å². The monoisotopic (exact) mass is 172 g/mol. The molecule has 0 aromatic rings. The first-order chi connectivity index (χ1) is 5.36. The maximum atomic E-state index is 2.34. The van der Waals surface area contributed by atoms with Crippen LogP contribution in [0.3, 0.4) is 0 Å². The number of rotatable bonds is 5. The minimum Gasteiger partial charge on any atom is -0.161 e. The van der Waals surface area contributed by atoms with Crippen LogP contribution in [-0.4, -0.2) is 11.5 Å². The molecule has 0 spiro atoms. The molecule has 0 N–H and O–H groups in total. The minimum atomic E-state index is 1.03. The Hall–Kier alpha value is 0.350. The molecule has 0 aromatic carbocycles. The molecule has 1 aliphatic heterocycles. The van der Waals surface area contributed by atoms with Gasteiger partial charge in [-0.05, 0) is 29.8 Å². The smallest absolute Gasteiger partial charge is 0.00310 e. The summed E-state index contributed by atoms with van der Waals surface area (Å²) in [4.78, 5) is 0. The largest absolute Gasteiger partial charge is 0.161 e. The lowest BCUT2D eigenvalue weighted by Crippen LogP contribution is -2.21. The third kappa shape index (κ3) is 3.06. The van der Waals surface area contributed by atoms with Crippen molar-refractivity contribution in [2.75, 3.05) is 11.5 Å². The first-order valence-corrected chi connectivity index (χ1v) is 6.10. The Balaban J connectivity index is 2.08. The third-order valence-corrected chi connectivity index (χ3v) is 4.06. The summed E-state index contributed by atoms with van der Waals surface area (Å²) in [7, 11) is 0. The quantitative estimate of drug-likeness (QED) is 0.611. The van der Waals surface area contributed by atoms with E-state index in [0.717, 1.165) is 11.8 Å². The lowest BCUT2D eigenvalue weighted by Gasteiger charge is -2.28. The van der Waals surface area contributed by atoms with Crippen molar-refractivity contribution in [3.05, 3.63) is 0 Å². The van der Waals surface area contributed by atoms with E-state index < -0.39 is 0 Å². The van der Waals surface area contributed by atoms with Crippen molar-refractivity contribution >= 4 is 11.8 Å². The van der Waals surface area contributed by atoms with Gasteiger partial charge in [0, 0.05) is 0 Å². The molecule has 0 saturated carbocycles. The number of thioether (sulfide) groups is 1. The van der Waals surface area contributed by atoms with Crippen LogP contribution in [0.15, 0.2) is 0 Å². The maximum absolute atomic E-state index is 2.34. The fourth-order valence-electron chi connectivity index (χ4n) is 1.79. The number of hydrogen-bond acceptors (Lipinski definition) is 1. The van der Waals surface area contributed by atoms with Crippen molar-refractivity contribution in [1.29, 1.82) is 0 Å². The highest BCUT2D eigenvalue weighted by Gasteiger charge is 2.21. The Labute approximate surface area is 75.1 Å². The van der Waals surface area contributed by atoms with E-state index in [1.54, 1.807) is 0 Å². The van der Waals surface area contributed by atoms with E-state index in [1.165, 1.54) is 37.2 Å². The van der Waals surface area contributed by atoms with E-state index >= 15 is 0 Å². The molecular formula is C10H20S. The topological polar surface area (TPSA) is 0 Å². The van der Waals surface area contributed by atoms with E-state index in [1.807, 2.05) is 0 Å². The molecule has 11 heavy (non-hydrogen) atoms. The van der Waals surface area contributed by atoms with Crippen LogP contribution >= 0.6 is 11.8 Å². The summed E-state index contributed by atoms with van der Waals surface area (Å²) in [5.74, 6) is 5.00. The van der Waals surface area contributed by atoms with Gasteiger partial charge in [-0.3, -0.25) is 0 Å². The van der Waals surface area contributed by atoms with Gasteiger partial charge in [0.2, 0.25) is 0 Å². The third-order valence-electron chi connectivity index (χ3n) is 2.65. The highest BCUT2D eigenvalue weighted by atomic mass is 32.2. The number of hydrogen-bond donors (Lipinski definition) is 0. The highest BCUT2D eigenvalue weighted by molar-refractivity contribution is 8.00. The van der Waals surface area contributed by atoms with Crippen LogP contribution in [0.4, 0.5) is 0 Å². The second-order valence-corrected chi connectivity index (χ2v) is 4.78. The molecule has 1 heteroatoms. The molecule has 66 valence electrons. The van der Waals surface area contributed by atoms with Gasteiger partial charge in [-0.2, -0.15) is 11.8 Å². The Bertz CT molecular complexity index is 97.0. The van der Waals surface area contributed by atoms with Gasteiger partial charge < -0.3 is 0 Å². The molecule has 1 rings (SSSR count). The molecule has 0 aromatic heterocycles. The van der Waals surface area contributed by atoms with Crippen molar-refractivity contribution in [1.82, 2.24) is 0 Å². The van der Waals surface area contributed by atoms with Crippen LogP contribution < -0.4 is 0 Å². The summed E-state index contributed by atoms with van der Waals surface area (Å²) in [6.45, 7) is 4.64. The van der Waals surface area contributed by atoms with Crippen molar-refractivity contribution in [3.8, 4) is 0 Å². The van der Waals surface area contributed by atoms with E-state index in [0.29, 0.717) is 0 Å². The average molecular weight is 172 g/mol. The van der Waals surface area contributed by atoms with Gasteiger partial charge in [0.25, 0.3) is 0 Å². The lowest BCUT2D eigenvalue weighted by atomic mass is 9.90. The first-order valence-electron chi connectivity index (χ1n) is 4.94. The highest BCUT2D eigenvalue weighted by Crippen LogP contribution is 2.32. The summed E-state index contributed by atoms with van der Waals surface area (Å²) in [5, 5.41) is 0. The van der Waals surface area contributed by atoms with Gasteiger partial charge in [-0.15, -0.1) is 0 Å². The predicted octanol–water partition coefficient (Wildman–Crippen LogP) is 3.57. The summed E-state index contributed by atoms with van der Waals surface area (Å²) in [6.07, 6.45) is 5.74. The van der Waals surface area contributed by atoms with Crippen LogP contribution in [0, 0.1) is 11.8 Å². The molecule has 0 aliphatic carbocycles. The zero-order valence-electron chi connectivity index (χ0n) is 7.81. The molecule has 0 amide bonds. The van der Waals surface area contributed by atoms with Crippen molar-refractivity contribution in [2.45, 2.75) is 39.5 Å². The Kier molecular flexibility index (Phi) is 4.36. The Morgan fingerprint density at radius 3 is 2.45 bits per heavy atom. The van der Waals surface area contributed by atoms with Crippen LogP contribution in [0.1, 0.15) is 39.5 Å². The molecule has 1 aliphatic rings. The van der Waals surface area contributed by atoms with E-state index in [2.05, 4.69) is 25.6 Å². The van der Waals surface area contributed by atoms with Gasteiger partial charge in [0.05, 0.1) is 0 Å². The zero-order valence-corrected chi connectivity index (χ0v) is 8.62. The van der Waals surface area contributed by atoms with Crippen LogP contribution in [0.25, 0.3) is 0 Å². The minimum absolute atomic E-state index is 1.03. The molecule has 0 nitrogen and oxygen atoms in total. The standard InChI is InChI=1S/C10H20S/c1-3-5-9(4-2)6-10-7-11-8-10/h9-10H,3-8H2,1-2H3. The normalized spacial score (nSPS) is 21.3. The van der Waals surface area contributed by atoms with Gasteiger partial charge in [0.1, 0.15) is 0 Å². The van der Waals surface area contributed by atoms with Gasteiger partial charge in [0.15, 0.2) is 0 Å². The molecule has 1 saturated heterocycles. The van der Waals surface area contributed by atoms with Gasteiger partial charge in [-0.1, -0.05) is 33.1 Å². The van der Waals surface area contributed by atoms with Crippen molar-refractivity contribution in [3.63, 3.8) is 0 Å². The molecule has 1 heterocycles. The van der Waals surface area contributed by atoms with E-state index in [9.17, 15) is 0 Å². The summed E-state index contributed by atoms with van der Waals surface area (Å²) in [5.41, 5.74) is 0. The molecule has 0 radical (unpaired) electrons. The molecule has 1 atom stereocenters. The van der Waals surface area contributed by atoms with E-state index in [-0.39, 0.29) is 0 Å². The zero-order chi connectivity index (χ0) is 8.10. The molecule has 1 unspecified atom stereocenters. The maximum Gasteiger partial charge on any atom is -0.00310 e. The summed E-state index contributed by atoms with van der Waals surface area (Å²) >= 11 is 2.12. The predicted molar refractivity (Wildman–Crippen MR) is 54.1 cm³/mol. The fraction of sp³-hybridized carbons (Fsp3) is 1.00. The molecular weight excluding hydrogens is 152 g/mol. The van der Waals surface area contributed by atoms with Crippen LogP contribution in [-0.2, 0) is 0 Å². The lowest BCUT2D eigenvalue weighted by molar-refractivity contribution is 0.371. The Morgan fingerprint density at radius 1 is 1.36 bits per heavy atom. The SMILES string of the molecule is CCCC(CC)CC1CSC1. The van der Waals surface area contributed by atoms with Crippen molar-refractivity contribution in [2.24, 2.45) is 11.8 Å². The fourth-order valence-corrected chi connectivity index (χ4v) is 2.63. The van der Waals surface area contributed by atoms with Crippen LogP contribution in [0.5, 0.6) is 0 Å². The van der Waals surface area contributed by atoms with Gasteiger partial charge in [-0.25, -0.2) is 0 Å². The average Bonchev–Trinajstić information content (AvgIpc) is 1.94. The second kappa shape index (κ2) is 5.08. The summed E-state index contributed by atoms with van der Waals surface area (Å²) in [6, 6.07) is 0.